The van der Waals surface area contributed by atoms with Gasteiger partial charge in [-0.05, 0) is 18.2 Å². The molecule has 25 heavy (non-hydrogen) atoms. The third kappa shape index (κ3) is 3.12. The average molecular weight is 336 g/mol. The Labute approximate surface area is 141 Å². The Kier molecular flexibility index (Phi) is 4.30. The molecule has 4 aromatic rings. The summed E-state index contributed by atoms with van der Waals surface area (Å²) < 4.78 is 2.39. The maximum absolute atomic E-state index is 11.5. The van der Waals surface area contributed by atoms with Gasteiger partial charge in [-0.1, -0.05) is 30.3 Å². The van der Waals surface area contributed by atoms with Crippen LogP contribution in [0.3, 0.4) is 0 Å². The highest BCUT2D eigenvalue weighted by Crippen LogP contribution is 2.05. The van der Waals surface area contributed by atoms with Gasteiger partial charge in [0.2, 0.25) is 0 Å². The van der Waals surface area contributed by atoms with Crippen molar-refractivity contribution in [1.82, 2.24) is 19.3 Å². The first-order valence-electron chi connectivity index (χ1n) is 7.58. The molecule has 2 aromatic heterocycles. The number of fused-ring (bicyclic) bond motifs is 2. The Hall–Kier alpha value is -3.48. The molecule has 2 aromatic carbocycles. The van der Waals surface area contributed by atoms with Crippen molar-refractivity contribution in [2.75, 3.05) is 0 Å². The highest BCUT2D eigenvalue weighted by molar-refractivity contribution is 5.80. The standard InChI is InChI=1S/C9H8N2O2.C9H8N2O/c1-11-8(12)6-4-2-3-5-7(6)10-9(11)13;1-11-9(12)8-5-3-2-4-7(8)6-10-11/h2-5H,1H3,(H,10,13);2-6H,1H3. The molecular weight excluding hydrogens is 320 g/mol. The van der Waals surface area contributed by atoms with Gasteiger partial charge >= 0.3 is 5.69 Å². The topological polar surface area (TPSA) is 89.8 Å². The van der Waals surface area contributed by atoms with Gasteiger partial charge in [0.05, 0.1) is 22.5 Å². The highest BCUT2D eigenvalue weighted by Gasteiger charge is 2.01. The molecule has 0 aliphatic rings. The number of nitrogens with one attached hydrogen (secondary N) is 1. The molecule has 4 rings (SSSR count). The van der Waals surface area contributed by atoms with Gasteiger partial charge in [0.25, 0.3) is 11.1 Å². The zero-order valence-corrected chi connectivity index (χ0v) is 13.8. The predicted molar refractivity (Wildman–Crippen MR) is 96.8 cm³/mol. The fourth-order valence-electron chi connectivity index (χ4n) is 2.43. The number of nitrogens with zero attached hydrogens (tertiary/aromatic N) is 3. The molecule has 0 fully saturated rings. The third-order valence-electron chi connectivity index (χ3n) is 3.86. The van der Waals surface area contributed by atoms with Gasteiger partial charge in [0, 0.05) is 19.5 Å². The van der Waals surface area contributed by atoms with Gasteiger partial charge in [-0.15, -0.1) is 0 Å². The van der Waals surface area contributed by atoms with Crippen molar-refractivity contribution < 1.29 is 0 Å². The normalized spacial score (nSPS) is 10.5. The van der Waals surface area contributed by atoms with E-state index < -0.39 is 0 Å². The maximum atomic E-state index is 11.5. The number of H-pyrrole nitrogens is 1. The zero-order chi connectivity index (χ0) is 18.0. The first-order valence-corrected chi connectivity index (χ1v) is 7.58. The van der Waals surface area contributed by atoms with E-state index in [4.69, 9.17) is 0 Å². The van der Waals surface area contributed by atoms with E-state index in [1.807, 2.05) is 18.2 Å². The van der Waals surface area contributed by atoms with E-state index in [0.717, 1.165) is 15.3 Å². The molecule has 1 N–H and O–H groups in total. The van der Waals surface area contributed by atoms with Gasteiger partial charge in [0.1, 0.15) is 0 Å². The first kappa shape index (κ1) is 16.4. The smallest absolute Gasteiger partial charge is 0.307 e. The number of hydrogen-bond acceptors (Lipinski definition) is 4. The highest BCUT2D eigenvalue weighted by atomic mass is 16.2. The maximum Gasteiger partial charge on any atom is 0.328 e. The molecule has 0 unspecified atom stereocenters. The number of para-hydroxylation sites is 1. The number of benzene rings is 2. The Balaban J connectivity index is 0.000000146. The van der Waals surface area contributed by atoms with Crippen molar-refractivity contribution in [2.45, 2.75) is 0 Å². The molecule has 2 heterocycles. The molecule has 7 nitrogen and oxygen atoms in total. The summed E-state index contributed by atoms with van der Waals surface area (Å²) in [5.74, 6) is 0. The molecule has 126 valence electrons. The second kappa shape index (κ2) is 6.56. The van der Waals surface area contributed by atoms with E-state index in [2.05, 4.69) is 10.1 Å². The molecule has 0 aliphatic heterocycles. The van der Waals surface area contributed by atoms with E-state index in [0.29, 0.717) is 10.9 Å². The lowest BCUT2D eigenvalue weighted by atomic mass is 10.2. The summed E-state index contributed by atoms with van der Waals surface area (Å²) >= 11 is 0. The molecule has 0 bridgehead atoms. The van der Waals surface area contributed by atoms with Gasteiger partial charge < -0.3 is 4.98 Å². The summed E-state index contributed by atoms with van der Waals surface area (Å²) in [4.78, 5) is 36.7. The predicted octanol–water partition coefficient (Wildman–Crippen LogP) is 1.16. The van der Waals surface area contributed by atoms with E-state index >= 15 is 0 Å². The number of aromatic amines is 1. The Bertz CT molecular complexity index is 1230. The zero-order valence-electron chi connectivity index (χ0n) is 13.8. The van der Waals surface area contributed by atoms with Crippen molar-refractivity contribution in [3.05, 3.63) is 85.9 Å². The van der Waals surface area contributed by atoms with Crippen molar-refractivity contribution in [1.29, 1.82) is 0 Å². The lowest BCUT2D eigenvalue weighted by molar-refractivity contribution is 0.718. The fourth-order valence-corrected chi connectivity index (χ4v) is 2.43. The van der Waals surface area contributed by atoms with Crippen LogP contribution in [0.5, 0.6) is 0 Å². The van der Waals surface area contributed by atoms with Crippen LogP contribution < -0.4 is 16.8 Å². The van der Waals surface area contributed by atoms with Crippen LogP contribution in [0.1, 0.15) is 0 Å². The number of aryl methyl sites for hydroxylation is 1. The van der Waals surface area contributed by atoms with E-state index in [1.165, 1.54) is 11.7 Å². The van der Waals surface area contributed by atoms with E-state index in [-0.39, 0.29) is 16.8 Å². The monoisotopic (exact) mass is 336 g/mol. The first-order chi connectivity index (χ1) is 12.0. The minimum absolute atomic E-state index is 0.0481. The van der Waals surface area contributed by atoms with Gasteiger partial charge in [0.15, 0.2) is 0 Å². The Morgan fingerprint density at radius 3 is 2.24 bits per heavy atom. The number of hydrogen-bond donors (Lipinski definition) is 1. The van der Waals surface area contributed by atoms with Crippen LogP contribution in [-0.2, 0) is 14.1 Å². The van der Waals surface area contributed by atoms with Crippen molar-refractivity contribution >= 4 is 21.7 Å². The van der Waals surface area contributed by atoms with Crippen LogP contribution in [0.25, 0.3) is 21.7 Å². The largest absolute Gasteiger partial charge is 0.328 e. The molecule has 7 heteroatoms. The van der Waals surface area contributed by atoms with Crippen molar-refractivity contribution in [2.24, 2.45) is 14.1 Å². The second-order valence-corrected chi connectivity index (χ2v) is 5.50. The third-order valence-corrected chi connectivity index (χ3v) is 3.86. The minimum Gasteiger partial charge on any atom is -0.307 e. The molecule has 0 atom stereocenters. The van der Waals surface area contributed by atoms with E-state index in [1.54, 1.807) is 43.6 Å². The molecule has 0 amide bonds. The molecule has 0 radical (unpaired) electrons. The van der Waals surface area contributed by atoms with Crippen molar-refractivity contribution in [3.63, 3.8) is 0 Å². The molecule has 0 saturated carbocycles. The summed E-state index contributed by atoms with van der Waals surface area (Å²) in [6.07, 6.45) is 1.69. The SMILES string of the molecule is Cn1c(=O)[nH]c2ccccc2c1=O.Cn1ncc2ccccc2c1=O. The summed E-state index contributed by atoms with van der Waals surface area (Å²) in [6.45, 7) is 0. The Morgan fingerprint density at radius 2 is 1.48 bits per heavy atom. The van der Waals surface area contributed by atoms with Gasteiger partial charge in [-0.3, -0.25) is 14.2 Å². The Morgan fingerprint density at radius 1 is 0.840 bits per heavy atom. The molecule has 0 spiro atoms. The van der Waals surface area contributed by atoms with Crippen molar-refractivity contribution in [3.8, 4) is 0 Å². The van der Waals surface area contributed by atoms with Gasteiger partial charge in [-0.2, -0.15) is 5.10 Å². The van der Waals surface area contributed by atoms with Crippen LogP contribution in [0.15, 0.2) is 69.1 Å². The van der Waals surface area contributed by atoms with Gasteiger partial charge in [-0.25, -0.2) is 9.48 Å². The van der Waals surface area contributed by atoms with Crippen LogP contribution in [0, 0.1) is 0 Å². The summed E-state index contributed by atoms with van der Waals surface area (Å²) in [5, 5.41) is 6.05. The molecule has 0 saturated heterocycles. The summed E-state index contributed by atoms with van der Waals surface area (Å²) in [5.41, 5.74) is -0.119. The lowest BCUT2D eigenvalue weighted by Crippen LogP contribution is -2.32. The number of aromatic nitrogens is 4. The van der Waals surface area contributed by atoms with Crippen LogP contribution in [0.4, 0.5) is 0 Å². The lowest BCUT2D eigenvalue weighted by Gasteiger charge is -1.98. The fraction of sp³-hybridized carbons (Fsp3) is 0.111. The quantitative estimate of drug-likeness (QED) is 0.522. The van der Waals surface area contributed by atoms with Crippen LogP contribution in [-0.4, -0.2) is 19.3 Å². The molecular formula is C18H16N4O3. The average Bonchev–Trinajstić information content (AvgIpc) is 2.64. The van der Waals surface area contributed by atoms with E-state index in [9.17, 15) is 14.4 Å². The van der Waals surface area contributed by atoms with Crippen LogP contribution >= 0.6 is 0 Å². The number of rotatable bonds is 0. The summed E-state index contributed by atoms with van der Waals surface area (Å²) in [7, 11) is 3.10. The minimum atomic E-state index is -0.385. The summed E-state index contributed by atoms with van der Waals surface area (Å²) in [6, 6.07) is 14.4. The van der Waals surface area contributed by atoms with Crippen LogP contribution in [0.2, 0.25) is 0 Å². The second-order valence-electron chi connectivity index (χ2n) is 5.50. The molecule has 0 aliphatic carbocycles.